The number of aromatic nitrogens is 5. The van der Waals surface area contributed by atoms with Crippen LogP contribution in [0.5, 0.6) is 5.75 Å². The minimum Gasteiger partial charge on any atom is -0.496 e. The van der Waals surface area contributed by atoms with Crippen molar-refractivity contribution in [2.45, 2.75) is 0 Å². The van der Waals surface area contributed by atoms with E-state index in [-0.39, 0.29) is 11.1 Å². The monoisotopic (exact) mass is 415 g/mol. The molecular weight excluding hydrogens is 397 g/mol. The first kappa shape index (κ1) is 18.8. The van der Waals surface area contributed by atoms with Crippen molar-refractivity contribution in [1.29, 1.82) is 0 Å². The number of imidazole rings is 1. The Morgan fingerprint density at radius 3 is 2.58 bits per heavy atom. The first-order valence-corrected chi connectivity index (χ1v) is 9.60. The normalized spacial score (nSPS) is 11.2. The van der Waals surface area contributed by atoms with Crippen molar-refractivity contribution in [3.63, 3.8) is 0 Å². The van der Waals surface area contributed by atoms with Crippen molar-refractivity contribution in [1.82, 2.24) is 24.1 Å². The highest BCUT2D eigenvalue weighted by Gasteiger charge is 2.23. The van der Waals surface area contributed by atoms with E-state index >= 15 is 0 Å². The molecule has 1 N–H and O–H groups in total. The number of hydrogen-bond acceptors (Lipinski definition) is 4. The zero-order chi connectivity index (χ0) is 21.5. The number of ether oxygens (including phenoxy) is 1. The zero-order valence-electron chi connectivity index (χ0n) is 16.8. The van der Waals surface area contributed by atoms with E-state index in [1.165, 1.54) is 17.7 Å². The van der Waals surface area contributed by atoms with Crippen LogP contribution in [0, 0.1) is 5.82 Å². The highest BCUT2D eigenvalue weighted by atomic mass is 19.1. The van der Waals surface area contributed by atoms with Gasteiger partial charge in [-0.2, -0.15) is 0 Å². The summed E-state index contributed by atoms with van der Waals surface area (Å²) in [4.78, 5) is 20.3. The summed E-state index contributed by atoms with van der Waals surface area (Å²) in [5.74, 6) is 0.743. The SMILES string of the molecule is COc1cccc(F)c1-c1cn2nc(-c3nccn3C)[nH]c(=O)c2c1-c1ccccc1. The first-order valence-electron chi connectivity index (χ1n) is 9.60. The molecule has 3 aromatic heterocycles. The number of fused-ring (bicyclic) bond motifs is 1. The standard InChI is InChI=1S/C23H18FN5O2/c1-28-12-11-25-22(28)21-26-23(30)20-18(14-7-4-3-5-8-14)15(13-29(20)27-21)19-16(24)9-6-10-17(19)31-2/h3-13H,1-2H3,(H,26,27,30). The van der Waals surface area contributed by atoms with Gasteiger partial charge in [-0.05, 0) is 17.7 Å². The molecule has 0 bridgehead atoms. The van der Waals surface area contributed by atoms with Gasteiger partial charge in [-0.25, -0.2) is 13.9 Å². The third-order valence-corrected chi connectivity index (χ3v) is 5.20. The Morgan fingerprint density at radius 1 is 1.06 bits per heavy atom. The maximum Gasteiger partial charge on any atom is 0.276 e. The molecule has 0 aliphatic rings. The summed E-state index contributed by atoms with van der Waals surface area (Å²) in [7, 11) is 3.30. The van der Waals surface area contributed by atoms with Crippen LogP contribution in [-0.4, -0.2) is 31.3 Å². The molecule has 0 fully saturated rings. The van der Waals surface area contributed by atoms with Crippen LogP contribution in [0.2, 0.25) is 0 Å². The molecule has 0 unspecified atom stereocenters. The zero-order valence-corrected chi connectivity index (χ0v) is 16.8. The molecule has 154 valence electrons. The lowest BCUT2D eigenvalue weighted by Gasteiger charge is -2.10. The molecular formula is C23H18FN5O2. The lowest BCUT2D eigenvalue weighted by molar-refractivity contribution is 0.413. The van der Waals surface area contributed by atoms with Crippen molar-refractivity contribution in [2.24, 2.45) is 7.05 Å². The van der Waals surface area contributed by atoms with E-state index in [0.717, 1.165) is 5.56 Å². The van der Waals surface area contributed by atoms with E-state index in [1.807, 2.05) is 37.4 Å². The summed E-state index contributed by atoms with van der Waals surface area (Å²) in [5.41, 5.74) is 2.08. The molecule has 0 amide bonds. The second kappa shape index (κ2) is 7.24. The summed E-state index contributed by atoms with van der Waals surface area (Å²) < 4.78 is 23.7. The summed E-state index contributed by atoms with van der Waals surface area (Å²) in [6.07, 6.45) is 5.04. The van der Waals surface area contributed by atoms with Gasteiger partial charge in [-0.15, -0.1) is 5.10 Å². The number of halogens is 1. The summed E-state index contributed by atoms with van der Waals surface area (Å²) in [5, 5.41) is 4.57. The van der Waals surface area contributed by atoms with Gasteiger partial charge in [-0.1, -0.05) is 36.4 Å². The number of rotatable bonds is 4. The van der Waals surface area contributed by atoms with E-state index in [9.17, 15) is 9.18 Å². The van der Waals surface area contributed by atoms with Gasteiger partial charge < -0.3 is 14.3 Å². The van der Waals surface area contributed by atoms with Crippen molar-refractivity contribution in [2.75, 3.05) is 7.11 Å². The number of nitrogens with one attached hydrogen (secondary N) is 1. The molecule has 0 aliphatic heterocycles. The summed E-state index contributed by atoms with van der Waals surface area (Å²) in [6.45, 7) is 0. The molecule has 0 spiro atoms. The second-order valence-corrected chi connectivity index (χ2v) is 7.06. The van der Waals surface area contributed by atoms with Crippen LogP contribution in [0.1, 0.15) is 0 Å². The first-order chi connectivity index (χ1) is 15.1. The predicted octanol–water partition coefficient (Wildman–Crippen LogP) is 3.90. The van der Waals surface area contributed by atoms with Crippen LogP contribution in [0.15, 0.2) is 71.9 Å². The van der Waals surface area contributed by atoms with E-state index in [2.05, 4.69) is 15.1 Å². The number of nitrogens with zero attached hydrogens (tertiary/aromatic N) is 4. The summed E-state index contributed by atoms with van der Waals surface area (Å²) >= 11 is 0. The minimum absolute atomic E-state index is 0.271. The molecule has 0 saturated carbocycles. The average Bonchev–Trinajstić information content (AvgIpc) is 3.37. The maximum atomic E-state index is 15.0. The predicted molar refractivity (Wildman–Crippen MR) is 115 cm³/mol. The molecule has 0 saturated heterocycles. The number of benzene rings is 2. The van der Waals surface area contributed by atoms with Gasteiger partial charge in [0.15, 0.2) is 11.6 Å². The number of aromatic amines is 1. The summed E-state index contributed by atoms with van der Waals surface area (Å²) in [6, 6.07) is 14.0. The Kier molecular flexibility index (Phi) is 4.39. The second-order valence-electron chi connectivity index (χ2n) is 7.06. The fourth-order valence-electron chi connectivity index (χ4n) is 3.81. The van der Waals surface area contributed by atoms with E-state index < -0.39 is 5.82 Å². The Hall–Kier alpha value is -4.20. The Labute approximate surface area is 176 Å². The number of aryl methyl sites for hydroxylation is 1. The van der Waals surface area contributed by atoms with Crippen molar-refractivity contribution < 1.29 is 9.13 Å². The molecule has 5 aromatic rings. The Morgan fingerprint density at radius 2 is 1.87 bits per heavy atom. The fourth-order valence-corrected chi connectivity index (χ4v) is 3.81. The van der Waals surface area contributed by atoms with Gasteiger partial charge in [0.05, 0.1) is 12.7 Å². The van der Waals surface area contributed by atoms with Crippen molar-refractivity contribution >= 4 is 5.52 Å². The third kappa shape index (κ3) is 3.00. The molecule has 8 heteroatoms. The maximum absolute atomic E-state index is 15.0. The van der Waals surface area contributed by atoms with Crippen LogP contribution in [0.25, 0.3) is 39.4 Å². The average molecular weight is 415 g/mol. The lowest BCUT2D eigenvalue weighted by Crippen LogP contribution is -2.15. The van der Waals surface area contributed by atoms with E-state index in [4.69, 9.17) is 4.74 Å². The third-order valence-electron chi connectivity index (χ3n) is 5.20. The van der Waals surface area contributed by atoms with Crippen LogP contribution < -0.4 is 10.3 Å². The van der Waals surface area contributed by atoms with Gasteiger partial charge >= 0.3 is 0 Å². The number of hydrogen-bond donors (Lipinski definition) is 1. The molecule has 7 nitrogen and oxygen atoms in total. The van der Waals surface area contributed by atoms with Gasteiger partial charge in [0, 0.05) is 36.8 Å². The fraction of sp³-hybridized carbons (Fsp3) is 0.0870. The Bertz CT molecular complexity index is 1470. The van der Waals surface area contributed by atoms with Gasteiger partial charge in [0.25, 0.3) is 5.56 Å². The van der Waals surface area contributed by atoms with E-state index in [1.54, 1.807) is 35.3 Å². The van der Waals surface area contributed by atoms with Crippen LogP contribution in [0.4, 0.5) is 4.39 Å². The molecule has 0 radical (unpaired) electrons. The molecule has 3 heterocycles. The highest BCUT2D eigenvalue weighted by Crippen LogP contribution is 2.41. The molecule has 31 heavy (non-hydrogen) atoms. The molecule has 0 atom stereocenters. The largest absolute Gasteiger partial charge is 0.496 e. The topological polar surface area (TPSA) is 77.2 Å². The van der Waals surface area contributed by atoms with Crippen molar-refractivity contribution in [3.8, 4) is 39.7 Å². The lowest BCUT2D eigenvalue weighted by atomic mass is 9.97. The highest BCUT2D eigenvalue weighted by molar-refractivity contribution is 5.95. The van der Waals surface area contributed by atoms with Gasteiger partial charge in [0.2, 0.25) is 0 Å². The minimum atomic E-state index is -0.451. The smallest absolute Gasteiger partial charge is 0.276 e. The van der Waals surface area contributed by atoms with Gasteiger partial charge in [-0.3, -0.25) is 4.79 Å². The molecule has 2 aromatic carbocycles. The number of H-pyrrole nitrogens is 1. The van der Waals surface area contributed by atoms with Crippen LogP contribution >= 0.6 is 0 Å². The molecule has 5 rings (SSSR count). The van der Waals surface area contributed by atoms with Gasteiger partial charge in [0.1, 0.15) is 17.1 Å². The van der Waals surface area contributed by atoms with Crippen LogP contribution in [-0.2, 0) is 7.05 Å². The quantitative estimate of drug-likeness (QED) is 0.483. The van der Waals surface area contributed by atoms with Crippen LogP contribution in [0.3, 0.4) is 0 Å². The molecule has 0 aliphatic carbocycles. The van der Waals surface area contributed by atoms with E-state index in [0.29, 0.717) is 34.0 Å². The Balaban J connectivity index is 1.89. The number of methoxy groups -OCH3 is 1. The van der Waals surface area contributed by atoms with Crippen molar-refractivity contribution in [3.05, 3.63) is 83.3 Å².